The van der Waals surface area contributed by atoms with Crippen molar-refractivity contribution in [2.24, 2.45) is 5.84 Å². The van der Waals surface area contributed by atoms with E-state index in [0.29, 0.717) is 33.6 Å². The minimum Gasteiger partial charge on any atom is -0.494 e. The predicted molar refractivity (Wildman–Crippen MR) is 71.7 cm³/mol. The summed E-state index contributed by atoms with van der Waals surface area (Å²) in [4.78, 5) is 16.1. The molecule has 0 saturated carbocycles. The third-order valence-electron chi connectivity index (χ3n) is 3.16. The Morgan fingerprint density at radius 3 is 2.95 bits per heavy atom. The number of rotatable bonds is 3. The Kier molecular flexibility index (Phi) is 2.90. The molecule has 3 rings (SSSR count). The van der Waals surface area contributed by atoms with Crippen molar-refractivity contribution < 1.29 is 14.6 Å². The molecule has 0 fully saturated rings. The number of nitrogens with zero attached hydrogens (tertiary/aromatic N) is 1. The average Bonchev–Trinajstić information content (AvgIpc) is 2.49. The second-order valence-corrected chi connectivity index (χ2v) is 4.28. The number of nitrogens with two attached hydrogens (primary N) is 1. The van der Waals surface area contributed by atoms with E-state index in [1.54, 1.807) is 18.2 Å². The van der Waals surface area contributed by atoms with Gasteiger partial charge in [-0.1, -0.05) is 0 Å². The van der Waals surface area contributed by atoms with E-state index >= 15 is 0 Å². The minimum absolute atomic E-state index is 0.253. The summed E-state index contributed by atoms with van der Waals surface area (Å²) in [6, 6.07) is 4.93. The summed E-state index contributed by atoms with van der Waals surface area (Å²) in [5, 5.41) is 10.4. The number of carbonyl (C=O) groups is 1. The molecular formula is C12H13N5O3. The maximum atomic E-state index is 11.8. The first-order chi connectivity index (χ1) is 9.65. The summed E-state index contributed by atoms with van der Waals surface area (Å²) in [5.41, 5.74) is 9.42. The highest BCUT2D eigenvalue weighted by molar-refractivity contribution is 6.14. The van der Waals surface area contributed by atoms with Crippen molar-refractivity contribution in [2.75, 3.05) is 12.5 Å². The quantitative estimate of drug-likeness (QED) is 0.298. The molecule has 2 aromatic rings. The van der Waals surface area contributed by atoms with Crippen LogP contribution in [0.5, 0.6) is 5.75 Å². The summed E-state index contributed by atoms with van der Waals surface area (Å²) >= 11 is 0. The highest BCUT2D eigenvalue weighted by atomic mass is 16.5. The molecule has 1 aliphatic rings. The lowest BCUT2D eigenvalue weighted by Gasteiger charge is -2.22. The second-order valence-electron chi connectivity index (χ2n) is 4.28. The van der Waals surface area contributed by atoms with Crippen LogP contribution >= 0.6 is 0 Å². The van der Waals surface area contributed by atoms with Gasteiger partial charge in [0.2, 0.25) is 0 Å². The van der Waals surface area contributed by atoms with E-state index in [2.05, 4.69) is 21.3 Å². The second kappa shape index (κ2) is 4.60. The Hall–Kier alpha value is -2.42. The monoisotopic (exact) mass is 275 g/mol. The van der Waals surface area contributed by atoms with E-state index in [1.807, 2.05) is 0 Å². The normalized spacial score (nSPS) is 14.7. The summed E-state index contributed by atoms with van der Waals surface area (Å²) in [7, 11) is 1.51. The highest BCUT2D eigenvalue weighted by Gasteiger charge is 2.23. The number of aromatic nitrogens is 1. The van der Waals surface area contributed by atoms with E-state index in [-0.39, 0.29) is 5.91 Å². The number of hydrogen-bond acceptors (Lipinski definition) is 7. The van der Waals surface area contributed by atoms with Gasteiger partial charge >= 0.3 is 0 Å². The SMILES string of the molecule is COc1ccc2c3c(cc(C(O)NN)nc13)NNC2=O. The number of ether oxygens (including phenoxy) is 1. The maximum absolute atomic E-state index is 11.8. The fraction of sp³-hybridized carbons (Fsp3) is 0.167. The van der Waals surface area contributed by atoms with Crippen molar-refractivity contribution in [3.63, 3.8) is 0 Å². The van der Waals surface area contributed by atoms with Crippen molar-refractivity contribution >= 4 is 22.5 Å². The number of anilines is 1. The van der Waals surface area contributed by atoms with Gasteiger partial charge in [0.05, 0.1) is 24.1 Å². The summed E-state index contributed by atoms with van der Waals surface area (Å²) in [6.07, 6.45) is -1.12. The third kappa shape index (κ3) is 1.74. The van der Waals surface area contributed by atoms with Crippen LogP contribution in [-0.4, -0.2) is 23.1 Å². The zero-order chi connectivity index (χ0) is 14.3. The van der Waals surface area contributed by atoms with Crippen LogP contribution in [0.1, 0.15) is 22.3 Å². The van der Waals surface area contributed by atoms with E-state index < -0.39 is 6.23 Å². The number of aliphatic hydroxyl groups is 1. The zero-order valence-electron chi connectivity index (χ0n) is 10.6. The van der Waals surface area contributed by atoms with E-state index in [1.165, 1.54) is 7.11 Å². The molecule has 1 aromatic heterocycles. The first-order valence-corrected chi connectivity index (χ1v) is 5.88. The van der Waals surface area contributed by atoms with Crippen LogP contribution in [0.4, 0.5) is 5.69 Å². The van der Waals surface area contributed by atoms with Gasteiger partial charge in [0.25, 0.3) is 5.91 Å². The number of nitrogens with one attached hydrogen (secondary N) is 3. The molecule has 8 heteroatoms. The van der Waals surface area contributed by atoms with Gasteiger partial charge in [0.15, 0.2) is 6.23 Å². The van der Waals surface area contributed by atoms with Crippen LogP contribution in [0.15, 0.2) is 18.2 Å². The number of carbonyl (C=O) groups excluding carboxylic acids is 1. The number of pyridine rings is 1. The topological polar surface area (TPSA) is 122 Å². The summed E-state index contributed by atoms with van der Waals surface area (Å²) in [6.45, 7) is 0. The molecule has 1 unspecified atom stereocenters. The zero-order valence-corrected chi connectivity index (χ0v) is 10.6. The maximum Gasteiger partial charge on any atom is 0.270 e. The molecule has 0 spiro atoms. The van der Waals surface area contributed by atoms with Crippen LogP contribution in [0.2, 0.25) is 0 Å². The van der Waals surface area contributed by atoms with Crippen LogP contribution in [-0.2, 0) is 0 Å². The lowest BCUT2D eigenvalue weighted by molar-refractivity contribution is 0.0962. The van der Waals surface area contributed by atoms with Crippen molar-refractivity contribution in [1.82, 2.24) is 15.8 Å². The van der Waals surface area contributed by atoms with Crippen molar-refractivity contribution in [1.29, 1.82) is 0 Å². The van der Waals surface area contributed by atoms with Crippen LogP contribution in [0.25, 0.3) is 10.9 Å². The lowest BCUT2D eigenvalue weighted by Crippen LogP contribution is -2.34. The van der Waals surface area contributed by atoms with Gasteiger partial charge in [0, 0.05) is 5.39 Å². The molecule has 1 aliphatic heterocycles. The number of amides is 1. The number of benzene rings is 1. The van der Waals surface area contributed by atoms with Gasteiger partial charge < -0.3 is 9.84 Å². The molecule has 1 amide bonds. The Morgan fingerprint density at radius 1 is 1.45 bits per heavy atom. The van der Waals surface area contributed by atoms with E-state index in [9.17, 15) is 9.90 Å². The van der Waals surface area contributed by atoms with Crippen LogP contribution in [0, 0.1) is 0 Å². The van der Waals surface area contributed by atoms with Gasteiger partial charge in [-0.25, -0.2) is 10.4 Å². The first kappa shape index (κ1) is 12.6. The predicted octanol–water partition coefficient (Wildman–Crippen LogP) is -0.232. The molecule has 0 radical (unpaired) electrons. The smallest absolute Gasteiger partial charge is 0.270 e. The Bertz CT molecular complexity index is 703. The minimum atomic E-state index is -1.12. The molecule has 2 heterocycles. The Labute approximate surface area is 113 Å². The number of hydrazine groups is 2. The standard InChI is InChI=1S/C12H13N5O3/c1-20-8-3-2-5-9-6(16-17-11(5)18)4-7(12(19)15-13)14-10(8)9/h2-4,12,15-16,19H,13H2,1H3,(H,17,18). The fourth-order valence-corrected chi connectivity index (χ4v) is 2.21. The van der Waals surface area contributed by atoms with Crippen molar-refractivity contribution in [3.8, 4) is 5.75 Å². The van der Waals surface area contributed by atoms with Crippen LogP contribution < -0.4 is 26.9 Å². The molecule has 0 bridgehead atoms. The van der Waals surface area contributed by atoms with E-state index in [4.69, 9.17) is 10.6 Å². The molecule has 104 valence electrons. The molecule has 0 aliphatic carbocycles. The number of methoxy groups -OCH3 is 1. The first-order valence-electron chi connectivity index (χ1n) is 5.88. The molecule has 20 heavy (non-hydrogen) atoms. The lowest BCUT2D eigenvalue weighted by atomic mass is 10.0. The van der Waals surface area contributed by atoms with Crippen molar-refractivity contribution in [2.45, 2.75) is 6.23 Å². The molecule has 0 saturated heterocycles. The van der Waals surface area contributed by atoms with Gasteiger partial charge in [-0.15, -0.1) is 0 Å². The fourth-order valence-electron chi connectivity index (χ4n) is 2.21. The van der Waals surface area contributed by atoms with Gasteiger partial charge in [0.1, 0.15) is 11.3 Å². The molecule has 6 N–H and O–H groups in total. The molecular weight excluding hydrogens is 262 g/mol. The average molecular weight is 275 g/mol. The largest absolute Gasteiger partial charge is 0.494 e. The number of hydrogen-bond donors (Lipinski definition) is 5. The van der Waals surface area contributed by atoms with E-state index in [0.717, 1.165) is 0 Å². The van der Waals surface area contributed by atoms with Crippen molar-refractivity contribution in [3.05, 3.63) is 29.5 Å². The summed E-state index contributed by atoms with van der Waals surface area (Å²) in [5.74, 6) is 5.47. The van der Waals surface area contributed by atoms with Gasteiger partial charge in [-0.3, -0.25) is 21.5 Å². The summed E-state index contributed by atoms with van der Waals surface area (Å²) < 4.78 is 5.25. The van der Waals surface area contributed by atoms with Gasteiger partial charge in [-0.05, 0) is 18.2 Å². The molecule has 8 nitrogen and oxygen atoms in total. The Balaban J connectivity index is 2.35. The molecule has 1 aromatic carbocycles. The Morgan fingerprint density at radius 2 is 2.25 bits per heavy atom. The third-order valence-corrected chi connectivity index (χ3v) is 3.16. The highest BCUT2D eigenvalue weighted by Crippen LogP contribution is 2.35. The van der Waals surface area contributed by atoms with Crippen LogP contribution in [0.3, 0.4) is 0 Å². The van der Waals surface area contributed by atoms with Gasteiger partial charge in [-0.2, -0.15) is 0 Å². The number of aliphatic hydroxyl groups excluding tert-OH is 1. The molecule has 1 atom stereocenters.